The van der Waals surface area contributed by atoms with Crippen LogP contribution in [0.5, 0.6) is 0 Å². The Morgan fingerprint density at radius 3 is 2.38 bits per heavy atom. The Labute approximate surface area is 153 Å². The quantitative estimate of drug-likeness (QED) is 0.762. The molecule has 4 nitrogen and oxygen atoms in total. The van der Waals surface area contributed by atoms with Crippen molar-refractivity contribution in [2.45, 2.75) is 64.0 Å². The highest BCUT2D eigenvalue weighted by Crippen LogP contribution is 2.42. The summed E-state index contributed by atoms with van der Waals surface area (Å²) in [4.78, 5) is 12.2. The van der Waals surface area contributed by atoms with Gasteiger partial charge in [0.2, 0.25) is 0 Å². The molecule has 0 saturated carbocycles. The van der Waals surface area contributed by atoms with Crippen LogP contribution in [0, 0.1) is 0 Å². The van der Waals surface area contributed by atoms with Crippen molar-refractivity contribution in [2.24, 2.45) is 0 Å². The lowest BCUT2D eigenvalue weighted by atomic mass is 9.68. The van der Waals surface area contributed by atoms with Crippen molar-refractivity contribution in [3.8, 4) is 0 Å². The Balaban J connectivity index is 1.62. The molecule has 1 fully saturated rings. The Kier molecular flexibility index (Phi) is 4.97. The van der Waals surface area contributed by atoms with Gasteiger partial charge in [-0.1, -0.05) is 12.2 Å². The summed E-state index contributed by atoms with van der Waals surface area (Å²) in [5.41, 5.74) is -0.794. The van der Waals surface area contributed by atoms with Crippen molar-refractivity contribution in [2.75, 3.05) is 0 Å². The predicted molar refractivity (Wildman–Crippen MR) is 96.4 cm³/mol. The molecule has 3 rings (SSSR count). The number of rotatable bonds is 3. The SMILES string of the molecule is CC1(C)OB(C2C=CC(NC(=O)C3=C(F)CCC=C3F)=CC2)OC1(C)C. The molecule has 1 amide bonds. The molecule has 26 heavy (non-hydrogen) atoms. The van der Waals surface area contributed by atoms with E-state index in [0.717, 1.165) is 0 Å². The number of halogens is 2. The van der Waals surface area contributed by atoms with Crippen LogP contribution in [0.2, 0.25) is 5.82 Å². The topological polar surface area (TPSA) is 47.6 Å². The van der Waals surface area contributed by atoms with Crippen LogP contribution in [0.25, 0.3) is 0 Å². The Hall–Kier alpha value is -1.73. The van der Waals surface area contributed by atoms with Crippen LogP contribution in [0.15, 0.2) is 47.2 Å². The highest BCUT2D eigenvalue weighted by atomic mass is 19.1. The fraction of sp³-hybridized carbons (Fsp3) is 0.526. The summed E-state index contributed by atoms with van der Waals surface area (Å²) in [6, 6.07) is 0. The highest BCUT2D eigenvalue weighted by molar-refractivity contribution is 6.48. The van der Waals surface area contributed by atoms with Crippen molar-refractivity contribution in [1.29, 1.82) is 0 Å². The molecule has 7 heteroatoms. The summed E-state index contributed by atoms with van der Waals surface area (Å²) < 4.78 is 39.6. The largest absolute Gasteiger partial charge is 0.465 e. The van der Waals surface area contributed by atoms with Gasteiger partial charge in [-0.25, -0.2) is 8.78 Å². The summed E-state index contributed by atoms with van der Waals surface area (Å²) in [5, 5.41) is 2.57. The molecule has 1 saturated heterocycles. The van der Waals surface area contributed by atoms with E-state index in [9.17, 15) is 13.6 Å². The van der Waals surface area contributed by atoms with Crippen LogP contribution in [-0.2, 0) is 14.1 Å². The van der Waals surface area contributed by atoms with Gasteiger partial charge in [-0.2, -0.15) is 0 Å². The maximum atomic E-state index is 13.8. The highest BCUT2D eigenvalue weighted by Gasteiger charge is 2.53. The van der Waals surface area contributed by atoms with Gasteiger partial charge >= 0.3 is 7.12 Å². The summed E-state index contributed by atoms with van der Waals surface area (Å²) in [5.74, 6) is -2.26. The summed E-state index contributed by atoms with van der Waals surface area (Å²) in [7, 11) is -0.372. The van der Waals surface area contributed by atoms with Crippen molar-refractivity contribution in [3.63, 3.8) is 0 Å². The molecule has 3 aliphatic rings. The molecule has 1 heterocycles. The monoisotopic (exact) mass is 363 g/mol. The first-order chi connectivity index (χ1) is 12.1. The second-order valence-electron chi connectivity index (χ2n) is 7.87. The van der Waals surface area contributed by atoms with E-state index < -0.39 is 34.3 Å². The molecule has 0 aromatic rings. The molecule has 1 atom stereocenters. The van der Waals surface area contributed by atoms with E-state index in [4.69, 9.17) is 9.31 Å². The zero-order valence-electron chi connectivity index (χ0n) is 15.6. The van der Waals surface area contributed by atoms with E-state index in [1.165, 1.54) is 6.08 Å². The molecule has 140 valence electrons. The molecule has 1 aliphatic heterocycles. The van der Waals surface area contributed by atoms with E-state index in [0.29, 0.717) is 12.1 Å². The molecular formula is C19H24BF2NO3. The lowest BCUT2D eigenvalue weighted by Gasteiger charge is -2.32. The minimum atomic E-state index is -0.804. The van der Waals surface area contributed by atoms with Crippen molar-refractivity contribution in [3.05, 3.63) is 47.2 Å². The molecular weight excluding hydrogens is 339 g/mol. The van der Waals surface area contributed by atoms with Gasteiger partial charge in [-0.3, -0.25) is 4.79 Å². The number of amides is 1. The van der Waals surface area contributed by atoms with Crippen molar-refractivity contribution < 1.29 is 22.9 Å². The first-order valence-electron chi connectivity index (χ1n) is 8.91. The zero-order valence-corrected chi connectivity index (χ0v) is 15.6. The van der Waals surface area contributed by atoms with Gasteiger partial charge in [-0.15, -0.1) is 0 Å². The normalized spacial score (nSPS) is 27.3. The number of nitrogens with one attached hydrogen (secondary N) is 1. The average Bonchev–Trinajstić information content (AvgIpc) is 2.76. The van der Waals surface area contributed by atoms with Gasteiger partial charge in [0.1, 0.15) is 17.2 Å². The third-order valence-electron chi connectivity index (χ3n) is 5.44. The summed E-state index contributed by atoms with van der Waals surface area (Å²) >= 11 is 0. The van der Waals surface area contributed by atoms with Crippen LogP contribution in [0.3, 0.4) is 0 Å². The predicted octanol–water partition coefficient (Wildman–Crippen LogP) is 4.28. The van der Waals surface area contributed by atoms with Crippen LogP contribution >= 0.6 is 0 Å². The average molecular weight is 363 g/mol. The fourth-order valence-corrected chi connectivity index (χ4v) is 3.10. The third kappa shape index (κ3) is 3.55. The fourth-order valence-electron chi connectivity index (χ4n) is 3.10. The van der Waals surface area contributed by atoms with E-state index in [1.807, 2.05) is 39.8 Å². The molecule has 2 aliphatic carbocycles. The minimum absolute atomic E-state index is 0.0129. The van der Waals surface area contributed by atoms with Crippen molar-refractivity contribution >= 4 is 13.0 Å². The number of carbonyl (C=O) groups excluding carboxylic acids is 1. The molecule has 0 bridgehead atoms. The van der Waals surface area contributed by atoms with Crippen LogP contribution < -0.4 is 5.32 Å². The summed E-state index contributed by atoms with van der Waals surface area (Å²) in [6.45, 7) is 7.98. The van der Waals surface area contributed by atoms with E-state index in [1.54, 1.807) is 6.08 Å². The second kappa shape index (κ2) is 6.78. The van der Waals surface area contributed by atoms with Crippen LogP contribution in [-0.4, -0.2) is 24.2 Å². The Morgan fingerprint density at radius 1 is 1.19 bits per heavy atom. The number of carbonyl (C=O) groups is 1. The molecule has 1 unspecified atom stereocenters. The Bertz CT molecular complexity index is 721. The first-order valence-corrected chi connectivity index (χ1v) is 8.91. The maximum absolute atomic E-state index is 13.8. The maximum Gasteiger partial charge on any atom is 0.465 e. The zero-order chi connectivity index (χ0) is 19.1. The summed E-state index contributed by atoms with van der Waals surface area (Å²) in [6.07, 6.45) is 7.59. The van der Waals surface area contributed by atoms with Crippen molar-refractivity contribution in [1.82, 2.24) is 5.32 Å². The van der Waals surface area contributed by atoms with E-state index >= 15 is 0 Å². The van der Waals surface area contributed by atoms with Crippen LogP contribution in [0.4, 0.5) is 8.78 Å². The molecule has 1 N–H and O–H groups in total. The van der Waals surface area contributed by atoms with E-state index in [-0.39, 0.29) is 25.8 Å². The third-order valence-corrected chi connectivity index (χ3v) is 5.44. The lowest BCUT2D eigenvalue weighted by Crippen LogP contribution is -2.41. The number of allylic oxidation sites excluding steroid dienone is 5. The molecule has 0 aromatic carbocycles. The van der Waals surface area contributed by atoms with Gasteiger partial charge in [0.05, 0.1) is 11.2 Å². The smallest absolute Gasteiger partial charge is 0.403 e. The molecule has 0 radical (unpaired) electrons. The minimum Gasteiger partial charge on any atom is -0.403 e. The van der Waals surface area contributed by atoms with Crippen LogP contribution in [0.1, 0.15) is 47.0 Å². The van der Waals surface area contributed by atoms with Gasteiger partial charge in [0.15, 0.2) is 0 Å². The Morgan fingerprint density at radius 2 is 1.85 bits per heavy atom. The van der Waals surface area contributed by atoms with E-state index in [2.05, 4.69) is 5.32 Å². The number of hydrogen-bond donors (Lipinski definition) is 1. The first kappa shape index (κ1) is 19.0. The second-order valence-corrected chi connectivity index (χ2v) is 7.87. The standard InChI is InChI=1S/C19H24BF2NO3/c1-18(2)19(3,4)26-20(25-18)12-8-10-13(11-9-12)23-17(24)16-14(21)6-5-7-15(16)22/h6,8,10-12H,5,7,9H2,1-4H3,(H,23,24). The lowest BCUT2D eigenvalue weighted by molar-refractivity contribution is -0.116. The van der Waals surface area contributed by atoms with Gasteiger partial charge in [-0.05, 0) is 52.7 Å². The van der Waals surface area contributed by atoms with Gasteiger partial charge in [0.25, 0.3) is 5.91 Å². The molecule has 0 aromatic heterocycles. The van der Waals surface area contributed by atoms with Gasteiger partial charge < -0.3 is 14.6 Å². The molecule has 0 spiro atoms. The number of hydrogen-bond acceptors (Lipinski definition) is 3. The van der Waals surface area contributed by atoms with Gasteiger partial charge in [0, 0.05) is 17.9 Å².